The maximum atomic E-state index is 12.9. The first kappa shape index (κ1) is 21.3. The third-order valence-electron chi connectivity index (χ3n) is 5.85. The lowest BCUT2D eigenvalue weighted by molar-refractivity contribution is -0.120. The van der Waals surface area contributed by atoms with E-state index < -0.39 is 10.0 Å². The van der Waals surface area contributed by atoms with Gasteiger partial charge >= 0.3 is 0 Å². The van der Waals surface area contributed by atoms with Crippen LogP contribution in [0.5, 0.6) is 5.75 Å². The van der Waals surface area contributed by atoms with Gasteiger partial charge in [-0.05, 0) is 44.0 Å². The Hall–Kier alpha value is -2.90. The summed E-state index contributed by atoms with van der Waals surface area (Å²) in [6, 6.07) is 18.3. The Balaban J connectivity index is 1.44. The monoisotopic (exact) mass is 438 g/mol. The van der Waals surface area contributed by atoms with Gasteiger partial charge < -0.3 is 10.1 Å². The van der Waals surface area contributed by atoms with Gasteiger partial charge in [-0.3, -0.25) is 4.79 Å². The summed E-state index contributed by atoms with van der Waals surface area (Å²) in [5.74, 6) is 0.441. The lowest BCUT2D eigenvalue weighted by Gasteiger charge is -2.30. The lowest BCUT2D eigenvalue weighted by atomic mass is 9.97. The molecule has 1 saturated heterocycles. The number of sulfonamides is 1. The summed E-state index contributed by atoms with van der Waals surface area (Å²) in [4.78, 5) is 13.2. The second-order valence-electron chi connectivity index (χ2n) is 7.84. The Morgan fingerprint density at radius 2 is 1.61 bits per heavy atom. The average Bonchev–Trinajstić information content (AvgIpc) is 2.79. The molecule has 0 bridgehead atoms. The molecule has 4 rings (SSSR count). The number of fused-ring (bicyclic) bond motifs is 1. The Morgan fingerprint density at radius 3 is 2.26 bits per heavy atom. The van der Waals surface area contributed by atoms with Gasteiger partial charge in [-0.25, -0.2) is 8.42 Å². The van der Waals surface area contributed by atoms with Crippen molar-refractivity contribution in [3.8, 4) is 5.75 Å². The fourth-order valence-corrected chi connectivity index (χ4v) is 5.48. The van der Waals surface area contributed by atoms with E-state index in [1.165, 1.54) is 4.31 Å². The zero-order valence-electron chi connectivity index (χ0n) is 17.7. The summed E-state index contributed by atoms with van der Waals surface area (Å²) in [5.41, 5.74) is 1.75. The van der Waals surface area contributed by atoms with Crippen LogP contribution < -0.4 is 10.1 Å². The van der Waals surface area contributed by atoms with E-state index in [2.05, 4.69) is 5.32 Å². The van der Waals surface area contributed by atoms with E-state index >= 15 is 0 Å². The molecular weight excluding hydrogens is 412 g/mol. The molecule has 0 aromatic heterocycles. The van der Waals surface area contributed by atoms with Crippen molar-refractivity contribution < 1.29 is 17.9 Å². The summed E-state index contributed by atoms with van der Waals surface area (Å²) in [6.45, 7) is 2.59. The standard InChI is InChI=1S/C24H26N2O4S/c1-17-7-9-19(10-8-17)31(28,29)26-15-13-18(14-16-26)24(27)25-22-11-12-23(30-2)21-6-4-3-5-20(21)22/h3-12,18H,13-16H2,1-2H3,(H,25,27). The largest absolute Gasteiger partial charge is 0.496 e. The number of aryl methyl sites for hydroxylation is 1. The van der Waals surface area contributed by atoms with Gasteiger partial charge in [0.05, 0.1) is 12.0 Å². The van der Waals surface area contributed by atoms with E-state index in [0.717, 1.165) is 27.8 Å². The number of hydrogen-bond acceptors (Lipinski definition) is 4. The number of hydrogen-bond donors (Lipinski definition) is 1. The molecule has 0 aliphatic carbocycles. The topological polar surface area (TPSA) is 75.7 Å². The first-order valence-corrected chi connectivity index (χ1v) is 11.8. The van der Waals surface area contributed by atoms with Gasteiger partial charge in [0, 0.05) is 35.5 Å². The molecule has 1 N–H and O–H groups in total. The molecule has 0 spiro atoms. The van der Waals surface area contributed by atoms with Crippen LogP contribution in [-0.4, -0.2) is 38.8 Å². The van der Waals surface area contributed by atoms with Crippen molar-refractivity contribution in [2.45, 2.75) is 24.7 Å². The second kappa shape index (κ2) is 8.69. The van der Waals surface area contributed by atoms with Crippen molar-refractivity contribution in [2.75, 3.05) is 25.5 Å². The second-order valence-corrected chi connectivity index (χ2v) is 9.78. The maximum absolute atomic E-state index is 12.9. The highest BCUT2D eigenvalue weighted by Gasteiger charge is 2.32. The van der Waals surface area contributed by atoms with Crippen molar-refractivity contribution in [2.24, 2.45) is 5.92 Å². The van der Waals surface area contributed by atoms with E-state index in [1.54, 1.807) is 31.4 Å². The minimum Gasteiger partial charge on any atom is -0.496 e. The number of carbonyl (C=O) groups excluding carboxylic acids is 1. The molecule has 1 aliphatic heterocycles. The minimum absolute atomic E-state index is 0.0808. The van der Waals surface area contributed by atoms with Crippen LogP contribution in [0, 0.1) is 12.8 Å². The van der Waals surface area contributed by atoms with Crippen LogP contribution in [0.3, 0.4) is 0 Å². The molecule has 0 unspecified atom stereocenters. The van der Waals surface area contributed by atoms with Gasteiger partial charge in [0.15, 0.2) is 0 Å². The fourth-order valence-electron chi connectivity index (χ4n) is 4.01. The van der Waals surface area contributed by atoms with Crippen molar-refractivity contribution >= 4 is 32.4 Å². The van der Waals surface area contributed by atoms with E-state index in [9.17, 15) is 13.2 Å². The average molecular weight is 439 g/mol. The number of carbonyl (C=O) groups is 1. The molecule has 0 atom stereocenters. The molecule has 3 aromatic rings. The molecule has 31 heavy (non-hydrogen) atoms. The number of ether oxygens (including phenoxy) is 1. The molecule has 162 valence electrons. The van der Waals surface area contributed by atoms with Crippen LogP contribution in [0.1, 0.15) is 18.4 Å². The Bertz CT molecular complexity index is 1200. The molecule has 6 nitrogen and oxygen atoms in total. The van der Waals surface area contributed by atoms with Crippen molar-refractivity contribution in [3.63, 3.8) is 0 Å². The molecular formula is C24H26N2O4S. The SMILES string of the molecule is COc1ccc(NC(=O)C2CCN(S(=O)(=O)c3ccc(C)cc3)CC2)c2ccccc12. The number of anilines is 1. The summed E-state index contributed by atoms with van der Waals surface area (Å²) in [6.07, 6.45) is 0.982. The maximum Gasteiger partial charge on any atom is 0.243 e. The number of nitrogens with one attached hydrogen (secondary N) is 1. The quantitative estimate of drug-likeness (QED) is 0.648. The third-order valence-corrected chi connectivity index (χ3v) is 7.76. The number of rotatable bonds is 5. The Morgan fingerprint density at radius 1 is 0.968 bits per heavy atom. The molecule has 0 saturated carbocycles. The van der Waals surface area contributed by atoms with Crippen LogP contribution in [0.2, 0.25) is 0 Å². The van der Waals surface area contributed by atoms with Gasteiger partial charge in [0.2, 0.25) is 15.9 Å². The van der Waals surface area contributed by atoms with Crippen LogP contribution >= 0.6 is 0 Å². The number of benzene rings is 3. The first-order chi connectivity index (χ1) is 14.9. The minimum atomic E-state index is -3.54. The first-order valence-electron chi connectivity index (χ1n) is 10.3. The van der Waals surface area contributed by atoms with Crippen molar-refractivity contribution in [1.82, 2.24) is 4.31 Å². The summed E-state index contributed by atoms with van der Waals surface area (Å²) >= 11 is 0. The molecule has 3 aromatic carbocycles. The molecule has 1 fully saturated rings. The predicted octanol–water partition coefficient (Wildman–Crippen LogP) is 4.20. The van der Waals surface area contributed by atoms with Gasteiger partial charge in [-0.2, -0.15) is 4.31 Å². The smallest absolute Gasteiger partial charge is 0.243 e. The zero-order valence-corrected chi connectivity index (χ0v) is 18.5. The molecule has 1 amide bonds. The zero-order chi connectivity index (χ0) is 22.0. The van der Waals surface area contributed by atoms with Crippen molar-refractivity contribution in [3.05, 3.63) is 66.2 Å². The number of piperidine rings is 1. The van der Waals surface area contributed by atoms with Crippen LogP contribution in [0.4, 0.5) is 5.69 Å². The normalized spacial score (nSPS) is 15.7. The molecule has 1 aliphatic rings. The summed E-state index contributed by atoms with van der Waals surface area (Å²) in [5, 5.41) is 4.88. The van der Waals surface area contributed by atoms with Crippen LogP contribution in [0.15, 0.2) is 65.6 Å². The molecule has 0 radical (unpaired) electrons. The van der Waals surface area contributed by atoms with Gasteiger partial charge in [0.1, 0.15) is 5.75 Å². The van der Waals surface area contributed by atoms with E-state index in [1.807, 2.05) is 43.3 Å². The predicted molar refractivity (Wildman–Crippen MR) is 122 cm³/mol. The van der Waals surface area contributed by atoms with E-state index in [4.69, 9.17) is 4.74 Å². The van der Waals surface area contributed by atoms with Gasteiger partial charge in [0.25, 0.3) is 0 Å². The highest BCUT2D eigenvalue weighted by atomic mass is 32.2. The third kappa shape index (κ3) is 4.29. The highest BCUT2D eigenvalue weighted by Crippen LogP contribution is 2.32. The Kier molecular flexibility index (Phi) is 5.98. The summed E-state index contributed by atoms with van der Waals surface area (Å²) < 4.78 is 32.7. The summed E-state index contributed by atoms with van der Waals surface area (Å²) in [7, 11) is -1.91. The number of methoxy groups -OCH3 is 1. The van der Waals surface area contributed by atoms with Gasteiger partial charge in [-0.1, -0.05) is 42.0 Å². The highest BCUT2D eigenvalue weighted by molar-refractivity contribution is 7.89. The molecule has 1 heterocycles. The molecule has 7 heteroatoms. The van der Waals surface area contributed by atoms with Crippen molar-refractivity contribution in [1.29, 1.82) is 0 Å². The van der Waals surface area contributed by atoms with Crippen LogP contribution in [-0.2, 0) is 14.8 Å². The Labute approximate surface area is 182 Å². The van der Waals surface area contributed by atoms with Gasteiger partial charge in [-0.15, -0.1) is 0 Å². The van der Waals surface area contributed by atoms with E-state index in [-0.39, 0.29) is 11.8 Å². The van der Waals surface area contributed by atoms with Crippen LogP contribution in [0.25, 0.3) is 10.8 Å². The number of nitrogens with zero attached hydrogens (tertiary/aromatic N) is 1. The number of amides is 1. The van der Waals surface area contributed by atoms with E-state index in [0.29, 0.717) is 30.8 Å². The fraction of sp³-hybridized carbons (Fsp3) is 0.292. The lowest BCUT2D eigenvalue weighted by Crippen LogP contribution is -2.41.